The summed E-state index contributed by atoms with van der Waals surface area (Å²) in [5, 5.41) is 14.7. The molecule has 2 atom stereocenters. The first-order valence-electron chi connectivity index (χ1n) is 8.61. The molecule has 3 heterocycles. The van der Waals surface area contributed by atoms with Gasteiger partial charge in [-0.1, -0.05) is 6.92 Å². The van der Waals surface area contributed by atoms with Crippen LogP contribution in [0.25, 0.3) is 0 Å². The SMILES string of the molecule is CCc1nnc2n1C[C@H](CN[C@H](C)C(=O)NCc1ccco1)CC2. The maximum absolute atomic E-state index is 12.1. The van der Waals surface area contributed by atoms with Crippen LogP contribution in [0.5, 0.6) is 0 Å². The minimum Gasteiger partial charge on any atom is -0.467 e. The monoisotopic (exact) mass is 331 g/mol. The topological polar surface area (TPSA) is 85.0 Å². The van der Waals surface area contributed by atoms with Crippen molar-refractivity contribution in [1.82, 2.24) is 25.4 Å². The molecule has 0 aliphatic carbocycles. The fourth-order valence-corrected chi connectivity index (χ4v) is 3.06. The lowest BCUT2D eigenvalue weighted by atomic mass is 9.99. The van der Waals surface area contributed by atoms with E-state index in [1.165, 1.54) is 0 Å². The van der Waals surface area contributed by atoms with Gasteiger partial charge >= 0.3 is 0 Å². The molecule has 0 fully saturated rings. The van der Waals surface area contributed by atoms with Gasteiger partial charge in [0.2, 0.25) is 5.91 Å². The Hall–Kier alpha value is -2.15. The summed E-state index contributed by atoms with van der Waals surface area (Å²) in [5.41, 5.74) is 0. The van der Waals surface area contributed by atoms with Crippen molar-refractivity contribution in [2.45, 2.75) is 52.2 Å². The van der Waals surface area contributed by atoms with Crippen molar-refractivity contribution >= 4 is 5.91 Å². The van der Waals surface area contributed by atoms with Crippen LogP contribution in [0, 0.1) is 5.92 Å². The highest BCUT2D eigenvalue weighted by atomic mass is 16.3. The molecule has 1 aliphatic heterocycles. The second-order valence-corrected chi connectivity index (χ2v) is 6.33. The number of nitrogens with one attached hydrogen (secondary N) is 2. The molecule has 7 nitrogen and oxygen atoms in total. The normalized spacial score (nSPS) is 18.2. The van der Waals surface area contributed by atoms with E-state index in [4.69, 9.17) is 4.42 Å². The lowest BCUT2D eigenvalue weighted by Gasteiger charge is -2.25. The highest BCUT2D eigenvalue weighted by Gasteiger charge is 2.23. The van der Waals surface area contributed by atoms with E-state index >= 15 is 0 Å². The number of aryl methyl sites for hydroxylation is 2. The highest BCUT2D eigenvalue weighted by Crippen LogP contribution is 2.19. The van der Waals surface area contributed by atoms with E-state index in [0.29, 0.717) is 12.5 Å². The molecule has 1 amide bonds. The van der Waals surface area contributed by atoms with E-state index in [9.17, 15) is 4.79 Å². The van der Waals surface area contributed by atoms with Gasteiger partial charge in [0, 0.05) is 25.9 Å². The van der Waals surface area contributed by atoms with E-state index in [2.05, 4.69) is 32.3 Å². The number of hydrogen-bond donors (Lipinski definition) is 2. The maximum Gasteiger partial charge on any atom is 0.237 e. The summed E-state index contributed by atoms with van der Waals surface area (Å²) in [6.45, 7) is 6.16. The summed E-state index contributed by atoms with van der Waals surface area (Å²) < 4.78 is 7.45. The predicted molar refractivity (Wildman–Crippen MR) is 89.2 cm³/mol. The molecule has 0 unspecified atom stereocenters. The van der Waals surface area contributed by atoms with E-state index < -0.39 is 0 Å². The van der Waals surface area contributed by atoms with Crippen LogP contribution in [0.3, 0.4) is 0 Å². The van der Waals surface area contributed by atoms with Crippen LogP contribution in [-0.4, -0.2) is 33.3 Å². The minimum absolute atomic E-state index is 0.0126. The average Bonchev–Trinajstić information content (AvgIpc) is 3.26. The van der Waals surface area contributed by atoms with Crippen LogP contribution in [0.15, 0.2) is 22.8 Å². The molecule has 0 saturated carbocycles. The lowest BCUT2D eigenvalue weighted by Crippen LogP contribution is -2.44. The van der Waals surface area contributed by atoms with E-state index in [0.717, 1.165) is 49.8 Å². The number of rotatable bonds is 7. The average molecular weight is 331 g/mol. The molecule has 130 valence electrons. The first-order chi connectivity index (χ1) is 11.7. The van der Waals surface area contributed by atoms with Crippen molar-refractivity contribution in [2.24, 2.45) is 5.92 Å². The van der Waals surface area contributed by atoms with Gasteiger partial charge in [-0.3, -0.25) is 4.79 Å². The van der Waals surface area contributed by atoms with E-state index in [1.54, 1.807) is 6.26 Å². The fraction of sp³-hybridized carbons (Fsp3) is 0.588. The molecule has 0 spiro atoms. The molecule has 2 N–H and O–H groups in total. The maximum atomic E-state index is 12.1. The van der Waals surface area contributed by atoms with Gasteiger partial charge < -0.3 is 19.6 Å². The standard InChI is InChI=1S/C17H25N5O2/c1-3-15-20-21-16-7-6-13(11-22(15)16)9-18-12(2)17(23)19-10-14-5-4-8-24-14/h4-5,8,12-13,18H,3,6-7,9-11H2,1-2H3,(H,19,23)/t12-,13+/m1/s1. The van der Waals surface area contributed by atoms with Crippen LogP contribution in [0.2, 0.25) is 0 Å². The molecule has 0 radical (unpaired) electrons. The van der Waals surface area contributed by atoms with Crippen LogP contribution < -0.4 is 10.6 Å². The zero-order valence-electron chi connectivity index (χ0n) is 14.3. The minimum atomic E-state index is -0.229. The van der Waals surface area contributed by atoms with Crippen LogP contribution in [0.1, 0.15) is 37.7 Å². The molecule has 2 aromatic rings. The van der Waals surface area contributed by atoms with Gasteiger partial charge in [0.05, 0.1) is 18.8 Å². The smallest absolute Gasteiger partial charge is 0.237 e. The van der Waals surface area contributed by atoms with Gasteiger partial charge in [-0.05, 0) is 31.4 Å². The summed E-state index contributed by atoms with van der Waals surface area (Å²) in [6.07, 6.45) is 4.54. The molecule has 3 rings (SSSR count). The van der Waals surface area contributed by atoms with Crippen molar-refractivity contribution in [3.05, 3.63) is 35.8 Å². The first-order valence-corrected chi connectivity index (χ1v) is 8.61. The Morgan fingerprint density at radius 2 is 2.38 bits per heavy atom. The molecule has 1 aliphatic rings. The Kier molecular flexibility index (Phi) is 5.30. The Labute approximate surface area is 141 Å². The molecular weight excluding hydrogens is 306 g/mol. The van der Waals surface area contributed by atoms with Gasteiger partial charge in [-0.15, -0.1) is 10.2 Å². The largest absolute Gasteiger partial charge is 0.467 e. The third-order valence-corrected chi connectivity index (χ3v) is 4.56. The molecular formula is C17H25N5O2. The van der Waals surface area contributed by atoms with Crippen LogP contribution in [0.4, 0.5) is 0 Å². The van der Waals surface area contributed by atoms with Gasteiger partial charge in [-0.2, -0.15) is 0 Å². The summed E-state index contributed by atoms with van der Waals surface area (Å²) in [7, 11) is 0. The lowest BCUT2D eigenvalue weighted by molar-refractivity contribution is -0.123. The number of nitrogens with zero attached hydrogens (tertiary/aromatic N) is 3. The number of aromatic nitrogens is 3. The van der Waals surface area contributed by atoms with Crippen molar-refractivity contribution in [2.75, 3.05) is 6.54 Å². The number of furan rings is 1. The molecule has 0 aromatic carbocycles. The van der Waals surface area contributed by atoms with E-state index in [-0.39, 0.29) is 11.9 Å². The number of carbonyl (C=O) groups excluding carboxylic acids is 1. The second kappa shape index (κ2) is 7.61. The van der Waals surface area contributed by atoms with Crippen molar-refractivity contribution in [3.63, 3.8) is 0 Å². The highest BCUT2D eigenvalue weighted by molar-refractivity contribution is 5.81. The first kappa shape index (κ1) is 16.7. The number of fused-ring (bicyclic) bond motifs is 1. The van der Waals surface area contributed by atoms with Gasteiger partial charge in [-0.25, -0.2) is 0 Å². The Morgan fingerprint density at radius 3 is 3.12 bits per heavy atom. The van der Waals surface area contributed by atoms with Crippen molar-refractivity contribution in [3.8, 4) is 0 Å². The third-order valence-electron chi connectivity index (χ3n) is 4.56. The van der Waals surface area contributed by atoms with E-state index in [1.807, 2.05) is 19.1 Å². The zero-order valence-corrected chi connectivity index (χ0v) is 14.3. The molecule has 0 bridgehead atoms. The van der Waals surface area contributed by atoms with Crippen LogP contribution >= 0.6 is 0 Å². The summed E-state index contributed by atoms with van der Waals surface area (Å²) >= 11 is 0. The predicted octanol–water partition coefficient (Wildman–Crippen LogP) is 1.29. The Balaban J connectivity index is 1.44. The van der Waals surface area contributed by atoms with Gasteiger partial charge in [0.15, 0.2) is 0 Å². The quantitative estimate of drug-likeness (QED) is 0.798. The number of hydrogen-bond acceptors (Lipinski definition) is 5. The molecule has 24 heavy (non-hydrogen) atoms. The Bertz CT molecular complexity index is 651. The van der Waals surface area contributed by atoms with Crippen LogP contribution in [-0.2, 0) is 30.7 Å². The fourth-order valence-electron chi connectivity index (χ4n) is 3.06. The summed E-state index contributed by atoms with van der Waals surface area (Å²) in [5.74, 6) is 3.39. The van der Waals surface area contributed by atoms with Gasteiger partial charge in [0.25, 0.3) is 0 Å². The molecule has 0 saturated heterocycles. The van der Waals surface area contributed by atoms with Crippen molar-refractivity contribution in [1.29, 1.82) is 0 Å². The second-order valence-electron chi connectivity index (χ2n) is 6.33. The Morgan fingerprint density at radius 1 is 1.50 bits per heavy atom. The zero-order chi connectivity index (χ0) is 16.9. The number of amides is 1. The number of carbonyl (C=O) groups is 1. The molecule has 2 aromatic heterocycles. The molecule has 7 heteroatoms. The summed E-state index contributed by atoms with van der Waals surface area (Å²) in [4.78, 5) is 12.1. The third kappa shape index (κ3) is 3.84. The summed E-state index contributed by atoms with van der Waals surface area (Å²) in [6, 6.07) is 3.44. The van der Waals surface area contributed by atoms with Crippen molar-refractivity contribution < 1.29 is 9.21 Å². The van der Waals surface area contributed by atoms with Gasteiger partial charge in [0.1, 0.15) is 17.4 Å².